The van der Waals surface area contributed by atoms with Crippen LogP contribution in [-0.2, 0) is 6.42 Å². The molecular formula is C11H11N3OS. The number of aromatic nitrogens is 2. The summed E-state index contributed by atoms with van der Waals surface area (Å²) in [5.41, 5.74) is 2.15. The second kappa shape index (κ2) is 4.45. The third kappa shape index (κ3) is 2.12. The first-order valence-corrected chi connectivity index (χ1v) is 5.90. The first-order chi connectivity index (χ1) is 7.70. The molecule has 0 aliphatic rings. The molecule has 82 valence electrons. The first kappa shape index (κ1) is 10.8. The second-order valence-electron chi connectivity index (χ2n) is 3.71. The van der Waals surface area contributed by atoms with Crippen molar-refractivity contribution in [2.75, 3.05) is 0 Å². The normalized spacial score (nSPS) is 12.3. The maximum absolute atomic E-state index is 8.69. The fourth-order valence-corrected chi connectivity index (χ4v) is 2.17. The molecule has 5 heteroatoms. The smallest absolute Gasteiger partial charge is 0.228 e. The third-order valence-electron chi connectivity index (χ3n) is 2.27. The van der Waals surface area contributed by atoms with Crippen molar-refractivity contribution < 1.29 is 4.52 Å². The van der Waals surface area contributed by atoms with Crippen LogP contribution in [0.5, 0.6) is 0 Å². The van der Waals surface area contributed by atoms with Gasteiger partial charge in [0.15, 0.2) is 0 Å². The highest BCUT2D eigenvalue weighted by molar-refractivity contribution is 7.08. The van der Waals surface area contributed by atoms with Gasteiger partial charge in [-0.1, -0.05) is 5.16 Å². The fourth-order valence-electron chi connectivity index (χ4n) is 1.34. The number of aryl methyl sites for hydroxylation is 1. The Morgan fingerprint density at radius 3 is 3.00 bits per heavy atom. The van der Waals surface area contributed by atoms with E-state index in [0.29, 0.717) is 18.1 Å². The Hall–Kier alpha value is -1.67. The number of nitrogens with zero attached hydrogens (tertiary/aromatic N) is 3. The van der Waals surface area contributed by atoms with E-state index in [0.717, 1.165) is 11.1 Å². The van der Waals surface area contributed by atoms with Crippen molar-refractivity contribution in [3.8, 4) is 17.5 Å². The third-order valence-corrected chi connectivity index (χ3v) is 3.13. The van der Waals surface area contributed by atoms with Gasteiger partial charge in [-0.25, -0.2) is 0 Å². The highest BCUT2D eigenvalue weighted by atomic mass is 32.1. The van der Waals surface area contributed by atoms with Gasteiger partial charge >= 0.3 is 0 Å². The molecule has 0 aromatic carbocycles. The minimum absolute atomic E-state index is 0.100. The monoisotopic (exact) mass is 233 g/mol. The summed E-state index contributed by atoms with van der Waals surface area (Å²) in [5, 5.41) is 16.7. The van der Waals surface area contributed by atoms with E-state index in [1.807, 2.05) is 24.6 Å². The highest BCUT2D eigenvalue weighted by Gasteiger charge is 2.13. The number of nitriles is 1. The Labute approximate surface area is 97.5 Å². The maximum Gasteiger partial charge on any atom is 0.228 e. The Balaban J connectivity index is 2.21. The van der Waals surface area contributed by atoms with E-state index in [2.05, 4.69) is 16.2 Å². The number of rotatable bonds is 3. The van der Waals surface area contributed by atoms with Crippen LogP contribution in [-0.4, -0.2) is 10.1 Å². The lowest BCUT2D eigenvalue weighted by atomic mass is 10.1. The van der Waals surface area contributed by atoms with Crippen molar-refractivity contribution in [3.63, 3.8) is 0 Å². The van der Waals surface area contributed by atoms with Gasteiger partial charge in [0.05, 0.1) is 12.0 Å². The average molecular weight is 233 g/mol. The average Bonchev–Trinajstić information content (AvgIpc) is 2.86. The predicted octanol–water partition coefficient (Wildman–Crippen LogP) is 2.81. The largest absolute Gasteiger partial charge is 0.339 e. The molecular weight excluding hydrogens is 222 g/mol. The summed E-state index contributed by atoms with van der Waals surface area (Å²) in [6.45, 7) is 3.85. The van der Waals surface area contributed by atoms with Gasteiger partial charge in [-0.3, -0.25) is 0 Å². The van der Waals surface area contributed by atoms with Gasteiger partial charge in [0.2, 0.25) is 11.7 Å². The first-order valence-electron chi connectivity index (χ1n) is 4.96. The summed E-state index contributed by atoms with van der Waals surface area (Å²) in [6, 6.07) is 2.14. The Morgan fingerprint density at radius 2 is 2.38 bits per heavy atom. The lowest BCUT2D eigenvalue weighted by Crippen LogP contribution is -1.96. The molecule has 0 N–H and O–H groups in total. The number of hydrogen-bond donors (Lipinski definition) is 0. The summed E-state index contributed by atoms with van der Waals surface area (Å²) >= 11 is 1.61. The number of thiophene rings is 1. The molecule has 1 atom stereocenters. The minimum Gasteiger partial charge on any atom is -0.339 e. The summed E-state index contributed by atoms with van der Waals surface area (Å²) in [4.78, 5) is 4.28. The Bertz CT molecular complexity index is 523. The zero-order valence-electron chi connectivity index (χ0n) is 9.10. The summed E-state index contributed by atoms with van der Waals surface area (Å²) in [6.07, 6.45) is 0.507. The van der Waals surface area contributed by atoms with E-state index in [1.54, 1.807) is 11.3 Å². The molecule has 16 heavy (non-hydrogen) atoms. The van der Waals surface area contributed by atoms with Crippen molar-refractivity contribution in [3.05, 3.63) is 22.2 Å². The summed E-state index contributed by atoms with van der Waals surface area (Å²) in [7, 11) is 0. The molecule has 0 saturated heterocycles. The van der Waals surface area contributed by atoms with Crippen molar-refractivity contribution in [2.24, 2.45) is 5.92 Å². The topological polar surface area (TPSA) is 62.7 Å². The molecule has 2 heterocycles. The molecule has 0 fully saturated rings. The van der Waals surface area contributed by atoms with Crippen LogP contribution in [0, 0.1) is 24.2 Å². The van der Waals surface area contributed by atoms with Crippen LogP contribution in [0.2, 0.25) is 0 Å². The van der Waals surface area contributed by atoms with Crippen LogP contribution >= 0.6 is 11.3 Å². The minimum atomic E-state index is -0.100. The summed E-state index contributed by atoms with van der Waals surface area (Å²) < 4.78 is 5.11. The molecule has 0 radical (unpaired) electrons. The Morgan fingerprint density at radius 1 is 1.56 bits per heavy atom. The molecule has 4 nitrogen and oxygen atoms in total. The Kier molecular flexibility index (Phi) is 3.02. The van der Waals surface area contributed by atoms with Gasteiger partial charge in [0, 0.05) is 17.4 Å². The van der Waals surface area contributed by atoms with Crippen LogP contribution in [0.1, 0.15) is 18.4 Å². The van der Waals surface area contributed by atoms with E-state index in [-0.39, 0.29) is 5.92 Å². The van der Waals surface area contributed by atoms with Gasteiger partial charge in [-0.05, 0) is 24.8 Å². The van der Waals surface area contributed by atoms with Crippen LogP contribution < -0.4 is 0 Å². The molecule has 2 rings (SSSR count). The van der Waals surface area contributed by atoms with E-state index >= 15 is 0 Å². The van der Waals surface area contributed by atoms with Gasteiger partial charge < -0.3 is 4.52 Å². The van der Waals surface area contributed by atoms with Gasteiger partial charge in [0.25, 0.3) is 0 Å². The van der Waals surface area contributed by atoms with Crippen LogP contribution in [0.3, 0.4) is 0 Å². The second-order valence-corrected chi connectivity index (χ2v) is 4.46. The molecule has 2 aromatic rings. The standard InChI is InChI=1S/C11H11N3OS/c1-7(4-12)3-10-13-11(14-15-10)9-6-16-5-8(9)2/h5-7H,3H2,1-2H3. The van der Waals surface area contributed by atoms with Gasteiger partial charge in [-0.15, -0.1) is 0 Å². The molecule has 0 aliphatic heterocycles. The zero-order valence-corrected chi connectivity index (χ0v) is 9.91. The molecule has 0 amide bonds. The zero-order chi connectivity index (χ0) is 11.5. The van der Waals surface area contributed by atoms with Crippen LogP contribution in [0.4, 0.5) is 0 Å². The van der Waals surface area contributed by atoms with Crippen LogP contribution in [0.25, 0.3) is 11.4 Å². The van der Waals surface area contributed by atoms with Crippen molar-refractivity contribution in [2.45, 2.75) is 20.3 Å². The molecule has 2 aromatic heterocycles. The maximum atomic E-state index is 8.69. The van der Waals surface area contributed by atoms with E-state index in [4.69, 9.17) is 9.78 Å². The molecule has 0 bridgehead atoms. The van der Waals surface area contributed by atoms with Gasteiger partial charge in [0.1, 0.15) is 0 Å². The highest BCUT2D eigenvalue weighted by Crippen LogP contribution is 2.24. The van der Waals surface area contributed by atoms with E-state index < -0.39 is 0 Å². The predicted molar refractivity (Wildman–Crippen MR) is 60.8 cm³/mol. The summed E-state index contributed by atoms with van der Waals surface area (Å²) in [5.74, 6) is 1.03. The van der Waals surface area contributed by atoms with Crippen molar-refractivity contribution in [1.82, 2.24) is 10.1 Å². The quantitative estimate of drug-likeness (QED) is 0.817. The van der Waals surface area contributed by atoms with E-state index in [9.17, 15) is 0 Å². The van der Waals surface area contributed by atoms with Crippen molar-refractivity contribution in [1.29, 1.82) is 5.26 Å². The molecule has 1 unspecified atom stereocenters. The SMILES string of the molecule is Cc1cscc1-c1noc(CC(C)C#N)n1. The molecule has 0 aliphatic carbocycles. The lowest BCUT2D eigenvalue weighted by molar-refractivity contribution is 0.369. The van der Waals surface area contributed by atoms with Crippen molar-refractivity contribution >= 4 is 11.3 Å². The van der Waals surface area contributed by atoms with Gasteiger partial charge in [-0.2, -0.15) is 21.6 Å². The van der Waals surface area contributed by atoms with Crippen LogP contribution in [0.15, 0.2) is 15.3 Å². The molecule has 0 spiro atoms. The molecule has 0 saturated carbocycles. The fraction of sp³-hybridized carbons (Fsp3) is 0.364. The number of hydrogen-bond acceptors (Lipinski definition) is 5. The van der Waals surface area contributed by atoms with E-state index in [1.165, 1.54) is 0 Å². The lowest BCUT2D eigenvalue weighted by Gasteiger charge is -1.93.